The molecule has 0 spiro atoms. The number of hydrogen-bond acceptors (Lipinski definition) is 3. The van der Waals surface area contributed by atoms with E-state index >= 15 is 0 Å². The number of ether oxygens (including phenoxy) is 2. The van der Waals surface area contributed by atoms with Crippen molar-refractivity contribution in [3.63, 3.8) is 0 Å². The molecule has 0 aliphatic carbocycles. The fraction of sp³-hybridized carbons (Fsp3) is 0.615. The summed E-state index contributed by atoms with van der Waals surface area (Å²) in [5.41, 5.74) is 0. The molecule has 3 nitrogen and oxygen atoms in total. The zero-order valence-corrected chi connectivity index (χ0v) is 12.6. The first kappa shape index (κ1) is 16.1. The monoisotopic (exact) mass is 256 g/mol. The molecule has 0 rings (SSSR count). The number of hydrogen-bond donors (Lipinski definition) is 0. The van der Waals surface area contributed by atoms with Gasteiger partial charge >= 0.3 is 5.97 Å². The van der Waals surface area contributed by atoms with Gasteiger partial charge in [-0.25, -0.2) is 4.79 Å². The molecular formula is C13H24O3Si. The maximum Gasteiger partial charge on any atom is 0.330 e. The summed E-state index contributed by atoms with van der Waals surface area (Å²) in [6.45, 7) is 10.3. The molecule has 0 heterocycles. The largest absolute Gasteiger partial charge is 0.466 e. The zero-order chi connectivity index (χ0) is 13.5. The van der Waals surface area contributed by atoms with E-state index in [2.05, 4.69) is 26.6 Å². The van der Waals surface area contributed by atoms with Crippen molar-refractivity contribution < 1.29 is 14.3 Å². The topological polar surface area (TPSA) is 35.5 Å². The summed E-state index contributed by atoms with van der Waals surface area (Å²) < 4.78 is 10.2. The molecule has 0 aromatic heterocycles. The molecule has 0 aromatic rings. The lowest BCUT2D eigenvalue weighted by molar-refractivity contribution is -0.134. The Kier molecular flexibility index (Phi) is 7.07. The maximum absolute atomic E-state index is 11.5. The second-order valence-corrected chi connectivity index (χ2v) is 9.39. The molecule has 17 heavy (non-hydrogen) atoms. The minimum absolute atomic E-state index is 0.00397. The first-order chi connectivity index (χ1) is 7.92. The van der Waals surface area contributed by atoms with Crippen LogP contribution < -0.4 is 0 Å². The predicted octanol–water partition coefficient (Wildman–Crippen LogP) is 2.94. The molecule has 0 aliphatic heterocycles. The van der Waals surface area contributed by atoms with Crippen molar-refractivity contribution in [2.75, 3.05) is 14.2 Å². The predicted molar refractivity (Wildman–Crippen MR) is 73.7 cm³/mol. The Bertz CT molecular complexity index is 291. The third kappa shape index (κ3) is 4.87. The van der Waals surface area contributed by atoms with E-state index in [1.807, 2.05) is 6.08 Å². The van der Waals surface area contributed by atoms with Crippen LogP contribution >= 0.6 is 0 Å². The summed E-state index contributed by atoms with van der Waals surface area (Å²) >= 11 is 0. The van der Waals surface area contributed by atoms with E-state index in [-0.39, 0.29) is 12.1 Å². The molecule has 4 heteroatoms. The molecule has 0 amide bonds. The molecule has 0 radical (unpaired) electrons. The Morgan fingerprint density at radius 3 is 2.35 bits per heavy atom. The van der Waals surface area contributed by atoms with Crippen molar-refractivity contribution in [3.8, 4) is 0 Å². The fourth-order valence-corrected chi connectivity index (χ4v) is 4.56. The summed E-state index contributed by atoms with van der Waals surface area (Å²) in [5.74, 6) is -0.305. The Labute approximate surface area is 106 Å². The van der Waals surface area contributed by atoms with Crippen LogP contribution in [-0.2, 0) is 14.3 Å². The lowest BCUT2D eigenvalue weighted by Gasteiger charge is -2.30. The van der Waals surface area contributed by atoms with Crippen molar-refractivity contribution in [2.24, 2.45) is 0 Å². The van der Waals surface area contributed by atoms with Crippen molar-refractivity contribution in [1.82, 2.24) is 0 Å². The van der Waals surface area contributed by atoms with Gasteiger partial charge in [-0.3, -0.25) is 0 Å². The van der Waals surface area contributed by atoms with Gasteiger partial charge in [0.15, 0.2) is 0 Å². The van der Waals surface area contributed by atoms with E-state index < -0.39 is 8.07 Å². The number of rotatable bonds is 7. The minimum atomic E-state index is -1.70. The number of carbonyl (C=O) groups excluding carboxylic acids is 1. The molecule has 0 bridgehead atoms. The lowest BCUT2D eigenvalue weighted by atomic mass is 10.2. The van der Waals surface area contributed by atoms with Crippen LogP contribution in [0.4, 0.5) is 0 Å². The molecule has 0 aromatic carbocycles. The highest BCUT2D eigenvalue weighted by molar-refractivity contribution is 6.85. The van der Waals surface area contributed by atoms with Gasteiger partial charge in [0.1, 0.15) is 0 Å². The quantitative estimate of drug-likeness (QED) is 0.304. The smallest absolute Gasteiger partial charge is 0.330 e. The average Bonchev–Trinajstić information content (AvgIpc) is 2.28. The van der Waals surface area contributed by atoms with Gasteiger partial charge in [-0.05, 0) is 17.7 Å². The molecule has 0 saturated heterocycles. The van der Waals surface area contributed by atoms with Gasteiger partial charge in [-0.15, -0.1) is 6.58 Å². The molecule has 0 fully saturated rings. The second-order valence-electron chi connectivity index (χ2n) is 4.63. The lowest BCUT2D eigenvalue weighted by Crippen LogP contribution is -2.36. The molecule has 0 N–H and O–H groups in total. The van der Waals surface area contributed by atoms with Crippen LogP contribution in [-0.4, -0.2) is 34.4 Å². The third-order valence-corrected chi connectivity index (χ3v) is 6.25. The summed E-state index contributed by atoms with van der Waals surface area (Å²) in [6, 6.07) is 0.926. The molecular weight excluding hydrogens is 232 g/mol. The fourth-order valence-electron chi connectivity index (χ4n) is 1.90. The normalized spacial score (nSPS) is 14.3. The van der Waals surface area contributed by atoms with E-state index in [0.29, 0.717) is 0 Å². The van der Waals surface area contributed by atoms with Gasteiger partial charge < -0.3 is 9.47 Å². The van der Waals surface area contributed by atoms with Gasteiger partial charge in [0.05, 0.1) is 21.3 Å². The summed E-state index contributed by atoms with van der Waals surface area (Å²) in [4.78, 5) is 11.5. The minimum Gasteiger partial charge on any atom is -0.466 e. The summed E-state index contributed by atoms with van der Waals surface area (Å²) in [5, 5.41) is 1.09. The van der Waals surface area contributed by atoms with Gasteiger partial charge in [0.2, 0.25) is 0 Å². The molecule has 98 valence electrons. The molecule has 1 unspecified atom stereocenters. The van der Waals surface area contributed by atoms with Crippen LogP contribution in [0.3, 0.4) is 0 Å². The van der Waals surface area contributed by atoms with Gasteiger partial charge in [0, 0.05) is 13.2 Å². The highest BCUT2D eigenvalue weighted by Gasteiger charge is 2.30. The summed E-state index contributed by atoms with van der Waals surface area (Å²) in [6.07, 6.45) is 4.37. The number of allylic oxidation sites excluding steroid dienone is 1. The Hall–Kier alpha value is -0.873. The summed E-state index contributed by atoms with van der Waals surface area (Å²) in [7, 11) is 1.37. The third-order valence-electron chi connectivity index (χ3n) is 2.91. The van der Waals surface area contributed by atoms with Crippen molar-refractivity contribution in [1.29, 1.82) is 0 Å². The highest BCUT2D eigenvalue weighted by atomic mass is 28.3. The maximum atomic E-state index is 11.5. The van der Waals surface area contributed by atoms with E-state index in [4.69, 9.17) is 9.47 Å². The standard InChI is InChI=1S/C13H24O3Si/c1-7-9-17(5,6)12(10-13(14)16-4)11(8-2)15-3/h7,10-11H,1,8-9H2,2-6H3/b12-10-. The van der Waals surface area contributed by atoms with Crippen molar-refractivity contribution in [2.45, 2.75) is 38.6 Å². The molecule has 0 aliphatic rings. The Balaban J connectivity index is 5.29. The van der Waals surface area contributed by atoms with Crippen LogP contribution in [0.2, 0.25) is 19.1 Å². The Morgan fingerprint density at radius 1 is 1.41 bits per heavy atom. The van der Waals surface area contributed by atoms with E-state index in [1.165, 1.54) is 7.11 Å². The first-order valence-electron chi connectivity index (χ1n) is 5.86. The Morgan fingerprint density at radius 2 is 2.00 bits per heavy atom. The van der Waals surface area contributed by atoms with Crippen molar-refractivity contribution in [3.05, 3.63) is 23.9 Å². The van der Waals surface area contributed by atoms with Gasteiger partial charge in [-0.2, -0.15) is 0 Å². The number of methoxy groups -OCH3 is 2. The zero-order valence-electron chi connectivity index (χ0n) is 11.6. The van der Waals surface area contributed by atoms with Crippen LogP contribution in [0.1, 0.15) is 13.3 Å². The van der Waals surface area contributed by atoms with Gasteiger partial charge in [0.25, 0.3) is 0 Å². The van der Waals surface area contributed by atoms with Crippen LogP contribution in [0, 0.1) is 0 Å². The average molecular weight is 256 g/mol. The van der Waals surface area contributed by atoms with Gasteiger partial charge in [-0.1, -0.05) is 26.1 Å². The number of carbonyl (C=O) groups is 1. The molecule has 1 atom stereocenters. The van der Waals surface area contributed by atoms with Crippen LogP contribution in [0.15, 0.2) is 23.9 Å². The first-order valence-corrected chi connectivity index (χ1v) is 9.07. The molecule has 0 saturated carbocycles. The SMILES string of the molecule is C=CC[Si](C)(C)/C(=C\C(=O)OC)C(CC)OC. The van der Waals surface area contributed by atoms with E-state index in [1.54, 1.807) is 13.2 Å². The second kappa shape index (κ2) is 7.45. The highest BCUT2D eigenvalue weighted by Crippen LogP contribution is 2.26. The number of esters is 1. The van der Waals surface area contributed by atoms with E-state index in [0.717, 1.165) is 17.7 Å². The van der Waals surface area contributed by atoms with Crippen molar-refractivity contribution >= 4 is 14.0 Å². The van der Waals surface area contributed by atoms with Crippen LogP contribution in [0.5, 0.6) is 0 Å². The van der Waals surface area contributed by atoms with Crippen LogP contribution in [0.25, 0.3) is 0 Å². The van der Waals surface area contributed by atoms with E-state index in [9.17, 15) is 4.79 Å².